The number of aromatic nitrogens is 4. The number of anilines is 2. The highest BCUT2D eigenvalue weighted by molar-refractivity contribution is 7.89. The van der Waals surface area contributed by atoms with Crippen molar-refractivity contribution >= 4 is 44.3 Å². The smallest absolute Gasteiger partial charge is 0.245 e. The second-order valence-corrected chi connectivity index (χ2v) is 11.3. The van der Waals surface area contributed by atoms with Crippen molar-refractivity contribution in [2.75, 3.05) is 37.4 Å². The molecule has 2 aromatic heterocycles. The molecule has 1 aliphatic rings. The largest absolute Gasteiger partial charge is 0.362 e. The van der Waals surface area contributed by atoms with Crippen molar-refractivity contribution in [3.05, 3.63) is 35.1 Å². The van der Waals surface area contributed by atoms with E-state index in [1.54, 1.807) is 14.0 Å². The van der Waals surface area contributed by atoms with E-state index in [0.29, 0.717) is 30.0 Å². The predicted octanol–water partition coefficient (Wildman–Crippen LogP) is 3.59. The highest BCUT2D eigenvalue weighted by Crippen LogP contribution is 2.30. The third-order valence-electron chi connectivity index (χ3n) is 6.45. The number of nitrogens with zero attached hydrogens (tertiary/aromatic N) is 5. The van der Waals surface area contributed by atoms with Crippen LogP contribution < -0.4 is 14.9 Å². The van der Waals surface area contributed by atoms with Crippen molar-refractivity contribution in [2.45, 2.75) is 37.5 Å². The van der Waals surface area contributed by atoms with E-state index in [2.05, 4.69) is 20.1 Å². The summed E-state index contributed by atoms with van der Waals surface area (Å²) in [5.74, 6) is 2.34. The van der Waals surface area contributed by atoms with Gasteiger partial charge in [0, 0.05) is 39.6 Å². The number of fused-ring (bicyclic) bond motifs is 1. The van der Waals surface area contributed by atoms with Gasteiger partial charge in [-0.25, -0.2) is 18.1 Å². The lowest BCUT2D eigenvalue weighted by molar-refractivity contribution is 0.284. The predicted molar refractivity (Wildman–Crippen MR) is 136 cm³/mol. The first-order valence-electron chi connectivity index (χ1n) is 11.5. The van der Waals surface area contributed by atoms with Crippen LogP contribution in [0.15, 0.2) is 29.2 Å². The van der Waals surface area contributed by atoms with Crippen molar-refractivity contribution in [2.24, 2.45) is 18.9 Å². The standard InChI is InChI=1S/C23H32ClN7O2S/c1-15-20(21(24)31(4)29-15)34(32,33)26-14-17-11-9-16(10-12-17)13-25-23-27-19-8-6-5-7-18(19)22(28-23)30(2)3/h5-8,16-17,26H,9-14H2,1-4H3,(H,25,27,28). The Balaban J connectivity index is 1.30. The Labute approximate surface area is 206 Å². The minimum absolute atomic E-state index is 0.0713. The topological polar surface area (TPSA) is 105 Å². The molecule has 0 atom stereocenters. The Morgan fingerprint density at radius 2 is 1.74 bits per heavy atom. The molecule has 4 rings (SSSR count). The number of benzene rings is 1. The molecule has 1 fully saturated rings. The summed E-state index contributed by atoms with van der Waals surface area (Å²) in [7, 11) is 1.91. The summed E-state index contributed by atoms with van der Waals surface area (Å²) in [6, 6.07) is 8.02. The summed E-state index contributed by atoms with van der Waals surface area (Å²) in [5.41, 5.74) is 1.33. The Bertz CT molecular complexity index is 1270. The molecule has 3 aromatic rings. The highest BCUT2D eigenvalue weighted by Gasteiger charge is 2.27. The molecule has 184 valence electrons. The van der Waals surface area contributed by atoms with E-state index in [1.165, 1.54) is 4.68 Å². The zero-order chi connectivity index (χ0) is 24.5. The van der Waals surface area contributed by atoms with Crippen LogP contribution in [0.1, 0.15) is 31.4 Å². The van der Waals surface area contributed by atoms with E-state index in [4.69, 9.17) is 16.6 Å². The van der Waals surface area contributed by atoms with Gasteiger partial charge in [-0.15, -0.1) is 0 Å². The van der Waals surface area contributed by atoms with Crippen molar-refractivity contribution < 1.29 is 8.42 Å². The van der Waals surface area contributed by atoms with Gasteiger partial charge in [-0.3, -0.25) is 4.68 Å². The zero-order valence-corrected chi connectivity index (χ0v) is 21.6. The molecular formula is C23H32ClN7O2S. The van der Waals surface area contributed by atoms with Crippen LogP contribution in [0.3, 0.4) is 0 Å². The molecule has 0 unspecified atom stereocenters. The second-order valence-electron chi connectivity index (χ2n) is 9.23. The highest BCUT2D eigenvalue weighted by atomic mass is 35.5. The van der Waals surface area contributed by atoms with E-state index in [0.717, 1.165) is 48.9 Å². The van der Waals surface area contributed by atoms with Gasteiger partial charge in [-0.1, -0.05) is 23.7 Å². The van der Waals surface area contributed by atoms with Crippen LogP contribution in [0.2, 0.25) is 5.15 Å². The Kier molecular flexibility index (Phi) is 7.30. The Morgan fingerprint density at radius 3 is 2.35 bits per heavy atom. The van der Waals surface area contributed by atoms with Gasteiger partial charge in [-0.05, 0) is 56.6 Å². The molecule has 1 saturated carbocycles. The summed E-state index contributed by atoms with van der Waals surface area (Å²) in [4.78, 5) is 11.5. The summed E-state index contributed by atoms with van der Waals surface area (Å²) >= 11 is 6.15. The molecule has 0 amide bonds. The minimum atomic E-state index is -3.69. The van der Waals surface area contributed by atoms with Gasteiger partial charge in [0.1, 0.15) is 15.9 Å². The average molecular weight is 506 g/mol. The van der Waals surface area contributed by atoms with E-state index in [9.17, 15) is 8.42 Å². The third-order valence-corrected chi connectivity index (χ3v) is 8.57. The first-order valence-corrected chi connectivity index (χ1v) is 13.4. The molecule has 11 heteroatoms. The van der Waals surface area contributed by atoms with Crippen LogP contribution in [0.5, 0.6) is 0 Å². The van der Waals surface area contributed by atoms with Crippen LogP contribution >= 0.6 is 11.6 Å². The Hall–Kier alpha value is -2.43. The number of rotatable bonds is 8. The molecule has 0 saturated heterocycles. The molecule has 0 spiro atoms. The quantitative estimate of drug-likeness (QED) is 0.482. The summed E-state index contributed by atoms with van der Waals surface area (Å²) in [5, 5.41) is 8.69. The van der Waals surface area contributed by atoms with Gasteiger partial charge < -0.3 is 10.2 Å². The zero-order valence-electron chi connectivity index (χ0n) is 20.0. The van der Waals surface area contributed by atoms with Gasteiger partial charge in [-0.2, -0.15) is 10.1 Å². The van der Waals surface area contributed by atoms with Crippen LogP contribution in [0, 0.1) is 18.8 Å². The fourth-order valence-electron chi connectivity index (χ4n) is 4.57. The van der Waals surface area contributed by atoms with Crippen LogP contribution in [0.25, 0.3) is 10.9 Å². The lowest BCUT2D eigenvalue weighted by atomic mass is 9.82. The summed E-state index contributed by atoms with van der Waals surface area (Å²) in [6.07, 6.45) is 3.99. The number of hydrogen-bond donors (Lipinski definition) is 2. The monoisotopic (exact) mass is 505 g/mol. The molecular weight excluding hydrogens is 474 g/mol. The maximum absolute atomic E-state index is 12.7. The van der Waals surface area contributed by atoms with Crippen LogP contribution in [0.4, 0.5) is 11.8 Å². The van der Waals surface area contributed by atoms with Crippen LogP contribution in [-0.2, 0) is 17.1 Å². The van der Waals surface area contributed by atoms with E-state index in [-0.39, 0.29) is 10.0 Å². The van der Waals surface area contributed by atoms with Crippen molar-refractivity contribution in [1.29, 1.82) is 0 Å². The summed E-state index contributed by atoms with van der Waals surface area (Å²) in [6.45, 7) is 2.86. The number of hydrogen-bond acceptors (Lipinski definition) is 7. The molecule has 0 bridgehead atoms. The molecule has 2 heterocycles. The fourth-order valence-corrected chi connectivity index (χ4v) is 6.43. The number of halogens is 1. The third kappa shape index (κ3) is 5.29. The van der Waals surface area contributed by atoms with Crippen molar-refractivity contribution in [1.82, 2.24) is 24.5 Å². The normalized spacial score (nSPS) is 18.9. The number of nitrogens with one attached hydrogen (secondary N) is 2. The van der Waals surface area contributed by atoms with E-state index < -0.39 is 10.0 Å². The van der Waals surface area contributed by atoms with E-state index in [1.807, 2.05) is 43.3 Å². The maximum Gasteiger partial charge on any atom is 0.245 e. The number of sulfonamides is 1. The molecule has 2 N–H and O–H groups in total. The lowest BCUT2D eigenvalue weighted by Gasteiger charge is -2.28. The van der Waals surface area contributed by atoms with Gasteiger partial charge in [0.15, 0.2) is 0 Å². The summed E-state index contributed by atoms with van der Waals surface area (Å²) < 4.78 is 29.6. The first-order chi connectivity index (χ1) is 16.2. The first kappa shape index (κ1) is 24.7. The molecule has 0 radical (unpaired) electrons. The van der Waals surface area contributed by atoms with Gasteiger partial charge >= 0.3 is 0 Å². The molecule has 9 nitrogen and oxygen atoms in total. The van der Waals surface area contributed by atoms with Crippen molar-refractivity contribution in [3.63, 3.8) is 0 Å². The van der Waals surface area contributed by atoms with Gasteiger partial charge in [0.05, 0.1) is 11.2 Å². The molecule has 34 heavy (non-hydrogen) atoms. The molecule has 1 aromatic carbocycles. The van der Waals surface area contributed by atoms with Gasteiger partial charge in [0.2, 0.25) is 16.0 Å². The fraction of sp³-hybridized carbons (Fsp3) is 0.522. The van der Waals surface area contributed by atoms with Crippen molar-refractivity contribution in [3.8, 4) is 0 Å². The number of para-hydroxylation sites is 1. The number of aryl methyl sites for hydroxylation is 2. The SMILES string of the molecule is Cc1nn(C)c(Cl)c1S(=O)(=O)NCC1CCC(CNc2nc(N(C)C)c3ccccc3n2)CC1. The van der Waals surface area contributed by atoms with Crippen LogP contribution in [-0.4, -0.2) is 55.4 Å². The second kappa shape index (κ2) is 10.1. The van der Waals surface area contributed by atoms with E-state index >= 15 is 0 Å². The van der Waals surface area contributed by atoms with Gasteiger partial charge in [0.25, 0.3) is 0 Å². The Morgan fingerprint density at radius 1 is 1.09 bits per heavy atom. The maximum atomic E-state index is 12.7. The molecule has 1 aliphatic carbocycles. The molecule has 0 aliphatic heterocycles. The lowest BCUT2D eigenvalue weighted by Crippen LogP contribution is -2.32. The average Bonchev–Trinajstić information content (AvgIpc) is 3.08. The minimum Gasteiger partial charge on any atom is -0.362 e.